The third-order valence-corrected chi connectivity index (χ3v) is 4.67. The van der Waals surface area contributed by atoms with E-state index in [-0.39, 0.29) is 16.7 Å². The predicted octanol–water partition coefficient (Wildman–Crippen LogP) is 7.09. The Balaban J connectivity index is 1.90. The van der Waals surface area contributed by atoms with Crippen LogP contribution in [-0.2, 0) is 6.42 Å². The summed E-state index contributed by atoms with van der Waals surface area (Å²) in [4.78, 5) is 0. The molecule has 0 aliphatic rings. The number of unbranched alkanes of at least 4 members (excludes halogenated alkanes) is 1. The van der Waals surface area contributed by atoms with E-state index >= 15 is 0 Å². The van der Waals surface area contributed by atoms with Crippen molar-refractivity contribution in [2.24, 2.45) is 0 Å². The molecule has 3 aromatic rings. The standard InChI is InChI=1S/C23H21F3/c1-3-4-5-16-6-8-17(9-7-16)18-10-11-20(23(26)12-18)19-13-21(24)15(2)22(25)14-19/h6-14H,3-5H2,1-2H3. The van der Waals surface area contributed by atoms with Crippen molar-refractivity contribution in [1.29, 1.82) is 0 Å². The van der Waals surface area contributed by atoms with Crippen molar-refractivity contribution < 1.29 is 13.2 Å². The largest absolute Gasteiger partial charge is 0.207 e. The zero-order valence-corrected chi connectivity index (χ0v) is 15.0. The fourth-order valence-electron chi connectivity index (χ4n) is 2.97. The van der Waals surface area contributed by atoms with Crippen molar-refractivity contribution in [3.05, 3.63) is 83.2 Å². The van der Waals surface area contributed by atoms with Crippen LogP contribution in [0.15, 0.2) is 54.6 Å². The lowest BCUT2D eigenvalue weighted by Crippen LogP contribution is -1.93. The number of rotatable bonds is 5. The normalized spacial score (nSPS) is 11.0. The molecule has 0 fully saturated rings. The maximum Gasteiger partial charge on any atom is 0.131 e. The molecule has 0 aromatic heterocycles. The molecule has 3 aromatic carbocycles. The predicted molar refractivity (Wildman–Crippen MR) is 101 cm³/mol. The van der Waals surface area contributed by atoms with Crippen LogP contribution in [0.1, 0.15) is 30.9 Å². The number of hydrogen-bond acceptors (Lipinski definition) is 0. The van der Waals surface area contributed by atoms with Crippen LogP contribution >= 0.6 is 0 Å². The van der Waals surface area contributed by atoms with E-state index in [1.807, 2.05) is 12.1 Å². The second-order valence-electron chi connectivity index (χ2n) is 6.56. The first-order valence-electron chi connectivity index (χ1n) is 8.84. The highest BCUT2D eigenvalue weighted by Gasteiger charge is 2.12. The number of aryl methyl sites for hydroxylation is 1. The molecule has 0 aliphatic carbocycles. The first kappa shape index (κ1) is 18.2. The van der Waals surface area contributed by atoms with Crippen LogP contribution in [0.4, 0.5) is 13.2 Å². The molecule has 0 aliphatic heterocycles. The molecule has 0 nitrogen and oxygen atoms in total. The van der Waals surface area contributed by atoms with Gasteiger partial charge in [0.05, 0.1) is 0 Å². The van der Waals surface area contributed by atoms with E-state index in [1.54, 1.807) is 12.1 Å². The van der Waals surface area contributed by atoms with Crippen molar-refractivity contribution in [3.63, 3.8) is 0 Å². The highest BCUT2D eigenvalue weighted by atomic mass is 19.1. The monoisotopic (exact) mass is 354 g/mol. The number of hydrogen-bond donors (Lipinski definition) is 0. The molecule has 26 heavy (non-hydrogen) atoms. The third-order valence-electron chi connectivity index (χ3n) is 4.67. The fraction of sp³-hybridized carbons (Fsp3) is 0.217. The van der Waals surface area contributed by atoms with Crippen molar-refractivity contribution in [3.8, 4) is 22.3 Å². The quantitative estimate of drug-likeness (QED) is 0.459. The first-order valence-corrected chi connectivity index (χ1v) is 8.84. The molecular weight excluding hydrogens is 333 g/mol. The van der Waals surface area contributed by atoms with Gasteiger partial charge in [-0.15, -0.1) is 0 Å². The average molecular weight is 354 g/mol. The van der Waals surface area contributed by atoms with Gasteiger partial charge in [-0.2, -0.15) is 0 Å². The molecular formula is C23H21F3. The molecule has 0 heterocycles. The van der Waals surface area contributed by atoms with Gasteiger partial charge in [0, 0.05) is 11.1 Å². The summed E-state index contributed by atoms with van der Waals surface area (Å²) in [6.07, 6.45) is 3.33. The zero-order chi connectivity index (χ0) is 18.7. The van der Waals surface area contributed by atoms with Crippen LogP contribution < -0.4 is 0 Å². The second-order valence-corrected chi connectivity index (χ2v) is 6.56. The zero-order valence-electron chi connectivity index (χ0n) is 15.0. The van der Waals surface area contributed by atoms with E-state index < -0.39 is 17.5 Å². The maximum absolute atomic E-state index is 14.6. The Morgan fingerprint density at radius 3 is 1.85 bits per heavy atom. The minimum absolute atomic E-state index is 0.0612. The lowest BCUT2D eigenvalue weighted by Gasteiger charge is -2.09. The van der Waals surface area contributed by atoms with Gasteiger partial charge in [-0.25, -0.2) is 13.2 Å². The Labute approximate surface area is 152 Å². The summed E-state index contributed by atoms with van der Waals surface area (Å²) in [5.41, 5.74) is 3.24. The van der Waals surface area contributed by atoms with Crippen molar-refractivity contribution in [2.75, 3.05) is 0 Å². The molecule has 0 bridgehead atoms. The first-order chi connectivity index (χ1) is 12.5. The second kappa shape index (κ2) is 7.77. The van der Waals surface area contributed by atoms with Crippen molar-refractivity contribution in [1.82, 2.24) is 0 Å². The SMILES string of the molecule is CCCCc1ccc(-c2ccc(-c3cc(F)c(C)c(F)c3)c(F)c2)cc1. The molecule has 3 heteroatoms. The molecule has 0 N–H and O–H groups in total. The van der Waals surface area contributed by atoms with E-state index in [4.69, 9.17) is 0 Å². The topological polar surface area (TPSA) is 0 Å². The molecule has 0 unspecified atom stereocenters. The molecule has 0 saturated carbocycles. The summed E-state index contributed by atoms with van der Waals surface area (Å²) < 4.78 is 42.1. The molecule has 0 saturated heterocycles. The lowest BCUT2D eigenvalue weighted by molar-refractivity contribution is 0.568. The van der Waals surface area contributed by atoms with Gasteiger partial charge in [0.2, 0.25) is 0 Å². The van der Waals surface area contributed by atoms with Gasteiger partial charge in [0.25, 0.3) is 0 Å². The molecule has 3 rings (SSSR count). The molecule has 134 valence electrons. The Morgan fingerprint density at radius 1 is 0.692 bits per heavy atom. The summed E-state index contributed by atoms with van der Waals surface area (Å²) in [6, 6.07) is 15.1. The highest BCUT2D eigenvalue weighted by Crippen LogP contribution is 2.30. The summed E-state index contributed by atoms with van der Waals surface area (Å²) in [5.74, 6) is -1.85. The summed E-state index contributed by atoms with van der Waals surface area (Å²) in [6.45, 7) is 3.52. The van der Waals surface area contributed by atoms with Crippen LogP contribution in [0.2, 0.25) is 0 Å². The summed E-state index contributed by atoms with van der Waals surface area (Å²) in [5, 5.41) is 0. The molecule has 0 amide bonds. The van der Waals surface area contributed by atoms with Crippen LogP contribution in [0.5, 0.6) is 0 Å². The third kappa shape index (κ3) is 3.82. The Hall–Kier alpha value is -2.55. The van der Waals surface area contributed by atoms with E-state index in [2.05, 4.69) is 19.1 Å². The van der Waals surface area contributed by atoms with Gasteiger partial charge in [0.15, 0.2) is 0 Å². The van der Waals surface area contributed by atoms with Crippen LogP contribution in [-0.4, -0.2) is 0 Å². The summed E-state index contributed by atoms with van der Waals surface area (Å²) >= 11 is 0. The van der Waals surface area contributed by atoms with E-state index in [0.29, 0.717) is 0 Å². The fourth-order valence-corrected chi connectivity index (χ4v) is 2.97. The molecule has 0 spiro atoms. The molecule has 0 atom stereocenters. The van der Waals surface area contributed by atoms with Gasteiger partial charge in [-0.1, -0.05) is 49.7 Å². The van der Waals surface area contributed by atoms with Crippen LogP contribution in [0, 0.1) is 24.4 Å². The van der Waals surface area contributed by atoms with Gasteiger partial charge in [0.1, 0.15) is 17.5 Å². The van der Waals surface area contributed by atoms with Crippen molar-refractivity contribution >= 4 is 0 Å². The smallest absolute Gasteiger partial charge is 0.131 e. The summed E-state index contributed by atoms with van der Waals surface area (Å²) in [7, 11) is 0. The minimum Gasteiger partial charge on any atom is -0.207 e. The Morgan fingerprint density at radius 2 is 1.27 bits per heavy atom. The number of halogens is 3. The van der Waals surface area contributed by atoms with Crippen molar-refractivity contribution in [2.45, 2.75) is 33.1 Å². The number of benzene rings is 3. The highest BCUT2D eigenvalue weighted by molar-refractivity contribution is 5.71. The van der Waals surface area contributed by atoms with Gasteiger partial charge < -0.3 is 0 Å². The minimum atomic E-state index is -0.675. The van der Waals surface area contributed by atoms with Gasteiger partial charge >= 0.3 is 0 Å². The van der Waals surface area contributed by atoms with E-state index in [1.165, 1.54) is 30.7 Å². The Kier molecular flexibility index (Phi) is 5.46. The van der Waals surface area contributed by atoms with E-state index in [9.17, 15) is 13.2 Å². The Bertz CT molecular complexity index is 888. The van der Waals surface area contributed by atoms with Crippen LogP contribution in [0.25, 0.3) is 22.3 Å². The molecule has 0 radical (unpaired) electrons. The lowest BCUT2D eigenvalue weighted by atomic mass is 9.97. The van der Waals surface area contributed by atoms with Gasteiger partial charge in [-0.3, -0.25) is 0 Å². The average Bonchev–Trinajstić information content (AvgIpc) is 2.64. The van der Waals surface area contributed by atoms with Crippen LogP contribution in [0.3, 0.4) is 0 Å². The van der Waals surface area contributed by atoms with Gasteiger partial charge in [-0.05, 0) is 60.2 Å². The maximum atomic E-state index is 14.6. The van der Waals surface area contributed by atoms with E-state index in [0.717, 1.165) is 30.4 Å².